The zero-order valence-corrected chi connectivity index (χ0v) is 28.6. The van der Waals surface area contributed by atoms with Gasteiger partial charge in [-0.05, 0) is 79.4 Å². The molecule has 4 aromatic rings. The molecule has 0 spiro atoms. The summed E-state index contributed by atoms with van der Waals surface area (Å²) in [5.74, 6) is 1.62. The molecule has 12 nitrogen and oxygen atoms in total. The number of hydrogen-bond acceptors (Lipinski definition) is 10. The van der Waals surface area contributed by atoms with E-state index in [0.717, 1.165) is 30.2 Å². The molecule has 0 aliphatic carbocycles. The van der Waals surface area contributed by atoms with Crippen LogP contribution in [0.3, 0.4) is 0 Å². The number of fused-ring (bicyclic) bond motifs is 2. The minimum absolute atomic E-state index is 0.131. The van der Waals surface area contributed by atoms with Crippen molar-refractivity contribution in [3.63, 3.8) is 0 Å². The van der Waals surface area contributed by atoms with E-state index in [2.05, 4.69) is 16.8 Å². The number of methoxy groups -OCH3 is 1. The Morgan fingerprint density at radius 2 is 1.74 bits per heavy atom. The highest BCUT2D eigenvalue weighted by atomic mass is 16.6. The zero-order chi connectivity index (χ0) is 33.6. The standard InChI is InChI=1S/C35H45N7O5/c1-21-18-40(34(44)47-35(4,5)6)19-22(2)41(21)31-29-30(37-33(38-31)46-20-25-13-11-15-39(25)7)32(43)42(23(3)36-29)28-17-26(45-8)16-24-12-9-10-14-27(24)28/h9-10,12,14,16-17,21-22,25H,11,13,15,18-20H2,1-8H3/t21-,22-,25-/m0/s1. The predicted octanol–water partition coefficient (Wildman–Crippen LogP) is 4.95. The van der Waals surface area contributed by atoms with E-state index < -0.39 is 5.60 Å². The highest BCUT2D eigenvalue weighted by molar-refractivity contribution is 5.93. The number of aromatic nitrogens is 4. The summed E-state index contributed by atoms with van der Waals surface area (Å²) in [6, 6.07) is 11.7. The highest BCUT2D eigenvalue weighted by Crippen LogP contribution is 2.32. The van der Waals surface area contributed by atoms with Crippen molar-refractivity contribution in [2.45, 2.75) is 78.1 Å². The van der Waals surface area contributed by atoms with Crippen molar-refractivity contribution in [2.75, 3.05) is 45.3 Å². The number of carbonyl (C=O) groups is 1. The average Bonchev–Trinajstić information content (AvgIpc) is 3.43. The van der Waals surface area contributed by atoms with Crippen molar-refractivity contribution in [3.8, 4) is 17.4 Å². The van der Waals surface area contributed by atoms with Crippen LogP contribution in [0.5, 0.6) is 11.8 Å². The Labute approximate surface area is 275 Å². The fourth-order valence-electron chi connectivity index (χ4n) is 6.81. The molecule has 0 N–H and O–H groups in total. The molecule has 0 bridgehead atoms. The maximum absolute atomic E-state index is 14.6. The predicted molar refractivity (Wildman–Crippen MR) is 182 cm³/mol. The van der Waals surface area contributed by atoms with Gasteiger partial charge in [0.2, 0.25) is 0 Å². The molecule has 0 unspecified atom stereocenters. The van der Waals surface area contributed by atoms with Crippen LogP contribution < -0.4 is 19.9 Å². The molecule has 1 amide bonds. The van der Waals surface area contributed by atoms with Crippen LogP contribution >= 0.6 is 0 Å². The molecule has 6 rings (SSSR count). The van der Waals surface area contributed by atoms with Gasteiger partial charge in [0.1, 0.15) is 29.3 Å². The monoisotopic (exact) mass is 643 g/mol. The van der Waals surface area contributed by atoms with E-state index in [1.165, 1.54) is 0 Å². The Morgan fingerprint density at radius 3 is 2.40 bits per heavy atom. The van der Waals surface area contributed by atoms with Crippen molar-refractivity contribution < 1.29 is 19.0 Å². The normalized spacial score (nSPS) is 20.6. The molecule has 250 valence electrons. The van der Waals surface area contributed by atoms with Crippen molar-refractivity contribution in [1.82, 2.24) is 29.3 Å². The number of benzene rings is 2. The molecule has 2 aliphatic rings. The number of nitrogens with zero attached hydrogens (tertiary/aromatic N) is 7. The van der Waals surface area contributed by atoms with Crippen LogP contribution in [0.15, 0.2) is 41.2 Å². The second-order valence-electron chi connectivity index (χ2n) is 13.8. The largest absolute Gasteiger partial charge is 0.497 e. The van der Waals surface area contributed by atoms with Crippen LogP contribution in [0, 0.1) is 6.92 Å². The number of carbonyl (C=O) groups excluding carboxylic acids is 1. The first-order chi connectivity index (χ1) is 22.3. The first-order valence-electron chi connectivity index (χ1n) is 16.3. The molecule has 2 fully saturated rings. The molecular formula is C35H45N7O5. The molecule has 12 heteroatoms. The van der Waals surface area contributed by atoms with Crippen LogP contribution in [-0.4, -0.2) is 99.5 Å². The number of hydrogen-bond donors (Lipinski definition) is 0. The number of likely N-dealkylation sites (N-methyl/N-ethyl adjacent to an activating group) is 1. The molecule has 2 saturated heterocycles. The van der Waals surface area contributed by atoms with Crippen LogP contribution in [0.4, 0.5) is 10.6 Å². The van der Waals surface area contributed by atoms with E-state index in [0.29, 0.717) is 48.3 Å². The summed E-state index contributed by atoms with van der Waals surface area (Å²) in [6.07, 6.45) is 1.78. The molecule has 2 aliphatic heterocycles. The summed E-state index contributed by atoms with van der Waals surface area (Å²) in [7, 11) is 3.70. The molecule has 2 aromatic carbocycles. The smallest absolute Gasteiger partial charge is 0.410 e. The summed E-state index contributed by atoms with van der Waals surface area (Å²) >= 11 is 0. The lowest BCUT2D eigenvalue weighted by Crippen LogP contribution is -2.59. The van der Waals surface area contributed by atoms with Crippen LogP contribution in [-0.2, 0) is 4.74 Å². The van der Waals surface area contributed by atoms with Crippen molar-refractivity contribution in [1.29, 1.82) is 0 Å². The Kier molecular flexibility index (Phi) is 8.73. The maximum atomic E-state index is 14.6. The summed E-state index contributed by atoms with van der Waals surface area (Å²) in [4.78, 5) is 48.3. The van der Waals surface area contributed by atoms with E-state index in [9.17, 15) is 9.59 Å². The van der Waals surface area contributed by atoms with Gasteiger partial charge >= 0.3 is 12.1 Å². The van der Waals surface area contributed by atoms with Crippen molar-refractivity contribution in [3.05, 3.63) is 52.6 Å². The van der Waals surface area contributed by atoms with Gasteiger partial charge in [-0.25, -0.2) is 9.78 Å². The average molecular weight is 644 g/mol. The van der Waals surface area contributed by atoms with Gasteiger partial charge in [-0.2, -0.15) is 9.97 Å². The van der Waals surface area contributed by atoms with Gasteiger partial charge in [0.25, 0.3) is 5.56 Å². The maximum Gasteiger partial charge on any atom is 0.410 e. The molecule has 4 heterocycles. The van der Waals surface area contributed by atoms with E-state index in [1.54, 1.807) is 16.6 Å². The summed E-state index contributed by atoms with van der Waals surface area (Å²) in [6.45, 7) is 13.7. The van der Waals surface area contributed by atoms with E-state index >= 15 is 0 Å². The Morgan fingerprint density at radius 1 is 1.02 bits per heavy atom. The third-order valence-corrected chi connectivity index (χ3v) is 9.03. The second-order valence-corrected chi connectivity index (χ2v) is 13.8. The van der Waals surface area contributed by atoms with Gasteiger partial charge in [0.05, 0.1) is 12.8 Å². The van der Waals surface area contributed by atoms with Gasteiger partial charge in [-0.3, -0.25) is 9.36 Å². The second kappa shape index (κ2) is 12.6. The van der Waals surface area contributed by atoms with Crippen LogP contribution in [0.25, 0.3) is 27.5 Å². The Hall–Kier alpha value is -4.45. The summed E-state index contributed by atoms with van der Waals surface area (Å²) < 4.78 is 19.1. The van der Waals surface area contributed by atoms with Crippen LogP contribution in [0.1, 0.15) is 53.3 Å². The van der Waals surface area contributed by atoms with E-state index in [4.69, 9.17) is 29.2 Å². The van der Waals surface area contributed by atoms with Crippen molar-refractivity contribution >= 4 is 33.7 Å². The SMILES string of the molecule is COc1cc(-n2c(C)nc3c(N4[C@@H](C)CN(C(=O)OC(C)(C)C)C[C@@H]4C)nc(OC[C@@H]4CCCN4C)nc3c2=O)c2ccccc2c1. The van der Waals surface area contributed by atoms with Crippen molar-refractivity contribution in [2.24, 2.45) is 0 Å². The minimum atomic E-state index is -0.599. The summed E-state index contributed by atoms with van der Waals surface area (Å²) in [5.41, 5.74) is 0.283. The molecule has 3 atom stereocenters. The van der Waals surface area contributed by atoms with Gasteiger partial charge in [-0.15, -0.1) is 0 Å². The van der Waals surface area contributed by atoms with E-state index in [1.807, 2.05) is 77.9 Å². The highest BCUT2D eigenvalue weighted by Gasteiger charge is 2.37. The number of rotatable bonds is 6. The fraction of sp³-hybridized carbons (Fsp3) is 0.514. The summed E-state index contributed by atoms with van der Waals surface area (Å²) in [5, 5.41) is 1.82. The number of likely N-dealkylation sites (tertiary alicyclic amines) is 1. The first-order valence-corrected chi connectivity index (χ1v) is 16.3. The molecular weight excluding hydrogens is 598 g/mol. The van der Waals surface area contributed by atoms with Gasteiger partial charge in [0.15, 0.2) is 11.3 Å². The Balaban J connectivity index is 1.48. The quantitative estimate of drug-likeness (QED) is 0.286. The van der Waals surface area contributed by atoms with Gasteiger partial charge in [0, 0.05) is 42.7 Å². The van der Waals surface area contributed by atoms with Crippen LogP contribution in [0.2, 0.25) is 0 Å². The lowest BCUT2D eigenvalue weighted by Gasteiger charge is -2.45. The fourth-order valence-corrected chi connectivity index (χ4v) is 6.81. The number of aryl methyl sites for hydroxylation is 1. The lowest BCUT2D eigenvalue weighted by molar-refractivity contribution is 0.0192. The molecule has 0 saturated carbocycles. The van der Waals surface area contributed by atoms with E-state index in [-0.39, 0.29) is 41.3 Å². The number of amides is 1. The van der Waals surface area contributed by atoms with Gasteiger partial charge in [-0.1, -0.05) is 24.3 Å². The minimum Gasteiger partial charge on any atom is -0.497 e. The topological polar surface area (TPSA) is 115 Å². The zero-order valence-electron chi connectivity index (χ0n) is 28.6. The molecule has 47 heavy (non-hydrogen) atoms. The van der Waals surface area contributed by atoms with Gasteiger partial charge < -0.3 is 28.9 Å². The Bertz CT molecular complexity index is 1860. The molecule has 0 radical (unpaired) electrons. The number of anilines is 1. The lowest BCUT2D eigenvalue weighted by atomic mass is 10.1. The number of piperazine rings is 1. The molecule has 2 aromatic heterocycles. The first kappa shape index (κ1) is 32.5. The third kappa shape index (κ3) is 6.43. The number of ether oxygens (including phenoxy) is 3. The third-order valence-electron chi connectivity index (χ3n) is 9.03.